The summed E-state index contributed by atoms with van der Waals surface area (Å²) in [6, 6.07) is 6.56. The molecule has 0 saturated heterocycles. The number of anilines is 2. The molecule has 3 N–H and O–H groups in total. The van der Waals surface area contributed by atoms with Crippen molar-refractivity contribution in [2.45, 2.75) is 72.1 Å². The van der Waals surface area contributed by atoms with Gasteiger partial charge < -0.3 is 10.1 Å². The molecule has 3 aliphatic rings. The van der Waals surface area contributed by atoms with Crippen molar-refractivity contribution in [2.75, 3.05) is 23.4 Å². The number of carbonyl (C=O) groups is 4. The van der Waals surface area contributed by atoms with Crippen molar-refractivity contribution in [3.63, 3.8) is 0 Å². The number of fused-ring (bicyclic) bond motifs is 1. The van der Waals surface area contributed by atoms with E-state index >= 15 is 0 Å². The number of nitrogens with one attached hydrogen (secondary N) is 2. The molecule has 0 aromatic carbocycles. The smallest absolute Gasteiger partial charge is 0.276 e. The molecular weight excluding hydrogens is 612 g/mol. The van der Waals surface area contributed by atoms with Gasteiger partial charge in [-0.3, -0.25) is 29.3 Å². The highest BCUT2D eigenvalue weighted by molar-refractivity contribution is 6.23. The topological polar surface area (TPSA) is 163 Å². The highest BCUT2D eigenvalue weighted by Gasteiger charge is 2.35. The zero-order valence-electron chi connectivity index (χ0n) is 27.6. The zero-order valence-corrected chi connectivity index (χ0v) is 27.6. The summed E-state index contributed by atoms with van der Waals surface area (Å²) in [6.45, 7) is 5.14. The minimum absolute atomic E-state index is 0.0700. The number of hydrogen-bond acceptors (Lipinski definition) is 10. The molecule has 2 aromatic rings. The Morgan fingerprint density at radius 1 is 1.00 bits per heavy atom. The van der Waals surface area contributed by atoms with E-state index in [1.54, 1.807) is 23.8 Å². The minimum Gasteiger partial charge on any atom is -0.490 e. The number of carbonyl (C=O) groups excluding carboxylic acids is 4. The molecule has 12 heteroatoms. The third-order valence-electron chi connectivity index (χ3n) is 9.13. The summed E-state index contributed by atoms with van der Waals surface area (Å²) in [4.78, 5) is 64.9. The quantitative estimate of drug-likeness (QED) is 0.170. The Labute approximate surface area is 280 Å². The van der Waals surface area contributed by atoms with Crippen LogP contribution in [0, 0.1) is 11.8 Å². The first-order valence-corrected chi connectivity index (χ1v) is 16.5. The molecule has 2 aliphatic carbocycles. The van der Waals surface area contributed by atoms with E-state index in [1.807, 2.05) is 6.92 Å². The molecule has 1 saturated carbocycles. The van der Waals surface area contributed by atoms with Crippen molar-refractivity contribution < 1.29 is 29.1 Å². The van der Waals surface area contributed by atoms with Gasteiger partial charge in [-0.25, -0.2) is 20.4 Å². The van der Waals surface area contributed by atoms with Gasteiger partial charge in [0.1, 0.15) is 29.8 Å². The maximum atomic E-state index is 13.1. The van der Waals surface area contributed by atoms with Gasteiger partial charge >= 0.3 is 0 Å². The number of hydroxylamine groups is 1. The first kappa shape index (κ1) is 34.4. The number of rotatable bonds is 10. The monoisotopic (exact) mass is 654 g/mol. The highest BCUT2D eigenvalue weighted by atomic mass is 16.5. The second kappa shape index (κ2) is 15.7. The SMILES string of the molecule is CC(=O)/C1=C(C)/C2=C/CC\C=C(Nc3ccc(OCCN(C(C)=O)c4ccc(C(=O)NO)cn4)cn3)\N=C\2C(C2CCCC2)CCC1=O. The number of pyridine rings is 2. The van der Waals surface area contributed by atoms with Crippen LogP contribution in [-0.4, -0.2) is 57.4 Å². The standard InChI is InChI=1S/C36H42N6O6/c1-22-28-10-6-7-11-32(40-35(28)29(25-8-4-5-9-25)14-15-30(45)34(22)23(2)43)39-31-16-13-27(21-37-31)48-19-18-42(24(3)44)33-17-12-26(20-38-33)36(46)41-47/h10-13,16-17,20-21,25,29,47H,4-9,14-15,18-19H2,1-3H3,(H,37,39)(H,41,46)/b28-10-,32-11+,34-22-,40-35-. The molecular formula is C36H42N6O6. The van der Waals surface area contributed by atoms with Crippen molar-refractivity contribution in [3.8, 4) is 5.75 Å². The van der Waals surface area contributed by atoms with Crippen LogP contribution in [0.4, 0.5) is 11.6 Å². The summed E-state index contributed by atoms with van der Waals surface area (Å²) in [5.41, 5.74) is 4.58. The molecule has 0 radical (unpaired) electrons. The van der Waals surface area contributed by atoms with Crippen molar-refractivity contribution in [1.29, 1.82) is 0 Å². The van der Waals surface area contributed by atoms with Crippen LogP contribution in [0.5, 0.6) is 5.75 Å². The van der Waals surface area contributed by atoms with E-state index in [1.165, 1.54) is 49.9 Å². The summed E-state index contributed by atoms with van der Waals surface area (Å²) in [6.07, 6.45) is 14.1. The predicted octanol–water partition coefficient (Wildman–Crippen LogP) is 5.52. The number of Topliss-reactive ketones (excluding diaryl/α,β-unsaturated/α-hetero) is 2. The molecule has 48 heavy (non-hydrogen) atoms. The molecule has 3 heterocycles. The Kier molecular flexibility index (Phi) is 11.3. The lowest BCUT2D eigenvalue weighted by Gasteiger charge is -2.30. The van der Waals surface area contributed by atoms with Gasteiger partial charge in [0, 0.05) is 25.5 Å². The minimum atomic E-state index is -0.696. The van der Waals surface area contributed by atoms with Crippen LogP contribution < -0.4 is 20.4 Å². The Morgan fingerprint density at radius 3 is 2.42 bits per heavy atom. The molecule has 1 unspecified atom stereocenters. The third kappa shape index (κ3) is 8.11. The van der Waals surface area contributed by atoms with E-state index in [-0.39, 0.29) is 42.1 Å². The number of hydrogen-bond donors (Lipinski definition) is 3. The number of ketones is 2. The Bertz CT molecular complexity index is 1670. The maximum Gasteiger partial charge on any atom is 0.276 e. The molecule has 12 nitrogen and oxygen atoms in total. The fourth-order valence-corrected chi connectivity index (χ4v) is 6.77. The van der Waals surface area contributed by atoms with E-state index in [4.69, 9.17) is 14.9 Å². The average molecular weight is 655 g/mol. The largest absolute Gasteiger partial charge is 0.490 e. The molecule has 0 bridgehead atoms. The van der Waals surface area contributed by atoms with Crippen LogP contribution in [0.1, 0.15) is 82.5 Å². The van der Waals surface area contributed by atoms with Gasteiger partial charge in [-0.2, -0.15) is 0 Å². The van der Waals surface area contributed by atoms with Crippen molar-refractivity contribution >= 4 is 40.7 Å². The maximum absolute atomic E-state index is 13.1. The first-order valence-electron chi connectivity index (χ1n) is 16.5. The normalized spacial score (nSPS) is 23.4. The molecule has 252 valence electrons. The van der Waals surface area contributed by atoms with Crippen LogP contribution >= 0.6 is 0 Å². The van der Waals surface area contributed by atoms with Crippen LogP contribution in [0.15, 0.2) is 76.3 Å². The van der Waals surface area contributed by atoms with Gasteiger partial charge in [0.25, 0.3) is 5.91 Å². The summed E-state index contributed by atoms with van der Waals surface area (Å²) in [5, 5.41) is 12.2. The summed E-state index contributed by atoms with van der Waals surface area (Å²) in [7, 11) is 0. The van der Waals surface area contributed by atoms with E-state index < -0.39 is 5.91 Å². The highest BCUT2D eigenvalue weighted by Crippen LogP contribution is 2.40. The Balaban J connectivity index is 1.30. The van der Waals surface area contributed by atoms with Crippen LogP contribution in [0.25, 0.3) is 0 Å². The number of ether oxygens (including phenoxy) is 1. The molecule has 5 rings (SSSR count). The van der Waals surface area contributed by atoms with E-state index in [2.05, 4.69) is 27.4 Å². The fraction of sp³-hybridized carbons (Fsp3) is 0.417. The average Bonchev–Trinajstić information content (AvgIpc) is 3.59. The fourth-order valence-electron chi connectivity index (χ4n) is 6.77. The molecule has 2 aromatic heterocycles. The number of nitrogens with zero attached hydrogens (tertiary/aromatic N) is 4. The Morgan fingerprint density at radius 2 is 1.77 bits per heavy atom. The lowest BCUT2D eigenvalue weighted by Crippen LogP contribution is -2.33. The van der Waals surface area contributed by atoms with Gasteiger partial charge in [0.15, 0.2) is 11.6 Å². The summed E-state index contributed by atoms with van der Waals surface area (Å²) < 4.78 is 5.87. The molecule has 1 aliphatic heterocycles. The van der Waals surface area contributed by atoms with Crippen molar-refractivity contribution in [1.82, 2.24) is 15.4 Å². The van der Waals surface area contributed by atoms with E-state index in [9.17, 15) is 19.2 Å². The molecule has 0 spiro atoms. The van der Waals surface area contributed by atoms with Crippen LogP contribution in [0.2, 0.25) is 0 Å². The van der Waals surface area contributed by atoms with Crippen LogP contribution in [0.3, 0.4) is 0 Å². The van der Waals surface area contributed by atoms with Gasteiger partial charge in [-0.1, -0.05) is 18.9 Å². The Hall–Kier alpha value is -4.97. The lowest BCUT2D eigenvalue weighted by molar-refractivity contribution is -0.121. The number of amides is 2. The van der Waals surface area contributed by atoms with Gasteiger partial charge in [-0.05, 0) is 93.4 Å². The molecule has 1 atom stereocenters. The van der Waals surface area contributed by atoms with Gasteiger partial charge in [0.2, 0.25) is 5.91 Å². The second-order valence-corrected chi connectivity index (χ2v) is 12.3. The van der Waals surface area contributed by atoms with Crippen molar-refractivity contribution in [3.05, 3.63) is 76.9 Å². The summed E-state index contributed by atoms with van der Waals surface area (Å²) in [5.74, 6) is 1.48. The molecule has 1 fully saturated rings. The summed E-state index contributed by atoms with van der Waals surface area (Å²) >= 11 is 0. The molecule has 2 amide bonds. The van der Waals surface area contributed by atoms with Crippen molar-refractivity contribution in [2.24, 2.45) is 16.8 Å². The number of aliphatic imine (C=N–C) groups is 1. The number of aromatic nitrogens is 2. The number of allylic oxidation sites excluding steroid dienone is 5. The van der Waals surface area contributed by atoms with Crippen LogP contribution in [-0.2, 0) is 14.4 Å². The van der Waals surface area contributed by atoms with E-state index in [0.29, 0.717) is 47.5 Å². The van der Waals surface area contributed by atoms with Gasteiger partial charge in [0.05, 0.1) is 29.6 Å². The lowest BCUT2D eigenvalue weighted by atomic mass is 9.75. The zero-order chi connectivity index (χ0) is 34.2. The predicted molar refractivity (Wildman–Crippen MR) is 181 cm³/mol. The van der Waals surface area contributed by atoms with Gasteiger partial charge in [-0.15, -0.1) is 0 Å². The first-order chi connectivity index (χ1) is 23.2. The van der Waals surface area contributed by atoms with E-state index in [0.717, 1.165) is 42.5 Å². The second-order valence-electron chi connectivity index (χ2n) is 12.3. The third-order valence-corrected chi connectivity index (χ3v) is 9.13.